The molecule has 1 aliphatic heterocycles. The first-order chi connectivity index (χ1) is 16.0. The van der Waals surface area contributed by atoms with Gasteiger partial charge in [0, 0.05) is 44.1 Å². The molecule has 1 saturated carbocycles. The SMILES string of the molecule is Cc1cc(C#N)ccc1-c1c[nH]n(-c2ccc(C(=O)N3CCN(C4CC4)[C@@H](C)C3)cn2)c1=O. The third kappa shape index (κ3) is 3.96. The molecular weight excluding hydrogens is 416 g/mol. The van der Waals surface area contributed by atoms with Crippen LogP contribution in [0.2, 0.25) is 0 Å². The second-order valence-electron chi connectivity index (χ2n) is 8.94. The number of aryl methyl sites for hydroxylation is 1. The van der Waals surface area contributed by atoms with Crippen molar-refractivity contribution in [1.82, 2.24) is 24.6 Å². The molecule has 3 aromatic rings. The molecule has 0 unspecified atom stereocenters. The molecule has 1 N–H and O–H groups in total. The fraction of sp³-hybridized carbons (Fsp3) is 0.360. The summed E-state index contributed by atoms with van der Waals surface area (Å²) in [4.78, 5) is 34.8. The number of pyridine rings is 1. The number of carbonyl (C=O) groups is 1. The predicted octanol–water partition coefficient (Wildman–Crippen LogP) is 2.72. The Hall–Kier alpha value is -3.70. The van der Waals surface area contributed by atoms with E-state index in [0.29, 0.717) is 34.6 Å². The molecule has 1 aromatic carbocycles. The first-order valence-corrected chi connectivity index (χ1v) is 11.3. The van der Waals surface area contributed by atoms with Crippen LogP contribution in [0.4, 0.5) is 0 Å². The Morgan fingerprint density at radius 2 is 2.00 bits per heavy atom. The standard InChI is InChI=1S/C25H26N6O2/c1-16-11-18(12-26)3-7-21(16)22-14-28-31(25(22)33)23-8-4-19(13-27-23)24(32)29-9-10-30(17(2)15-29)20-5-6-20/h3-4,7-8,11,13-14,17,20,28H,5-6,9-10,15H2,1-2H3/t17-/m0/s1. The molecule has 3 heterocycles. The summed E-state index contributed by atoms with van der Waals surface area (Å²) in [5, 5.41) is 12.0. The van der Waals surface area contributed by atoms with E-state index in [1.807, 2.05) is 11.8 Å². The van der Waals surface area contributed by atoms with Crippen LogP contribution in [0.3, 0.4) is 0 Å². The Morgan fingerprint density at radius 3 is 2.64 bits per heavy atom. The third-order valence-corrected chi connectivity index (χ3v) is 6.62. The molecular formula is C25H26N6O2. The number of hydrogen-bond acceptors (Lipinski definition) is 5. The van der Waals surface area contributed by atoms with Crippen molar-refractivity contribution in [2.45, 2.75) is 38.8 Å². The van der Waals surface area contributed by atoms with Crippen molar-refractivity contribution < 1.29 is 4.79 Å². The van der Waals surface area contributed by atoms with Crippen LogP contribution in [0.5, 0.6) is 0 Å². The maximum atomic E-state index is 13.0. The van der Waals surface area contributed by atoms with Crippen LogP contribution in [0, 0.1) is 18.3 Å². The number of benzene rings is 1. The average molecular weight is 443 g/mol. The Balaban J connectivity index is 1.33. The second-order valence-corrected chi connectivity index (χ2v) is 8.94. The van der Waals surface area contributed by atoms with Crippen LogP contribution >= 0.6 is 0 Å². The van der Waals surface area contributed by atoms with E-state index in [1.165, 1.54) is 23.7 Å². The van der Waals surface area contributed by atoms with E-state index in [-0.39, 0.29) is 11.5 Å². The van der Waals surface area contributed by atoms with Crippen molar-refractivity contribution in [2.24, 2.45) is 0 Å². The molecule has 8 heteroatoms. The first-order valence-electron chi connectivity index (χ1n) is 11.3. The normalized spacial score (nSPS) is 18.8. The number of hydrogen-bond donors (Lipinski definition) is 1. The number of aromatic amines is 1. The lowest BCUT2D eigenvalue weighted by molar-refractivity contribution is 0.0493. The molecule has 1 amide bonds. The lowest BCUT2D eigenvalue weighted by atomic mass is 10.0. The van der Waals surface area contributed by atoms with Crippen LogP contribution in [0.25, 0.3) is 16.9 Å². The fourth-order valence-corrected chi connectivity index (χ4v) is 4.70. The first kappa shape index (κ1) is 21.2. The van der Waals surface area contributed by atoms with Gasteiger partial charge in [-0.25, -0.2) is 9.67 Å². The van der Waals surface area contributed by atoms with Crippen molar-refractivity contribution in [3.05, 3.63) is 69.8 Å². The maximum absolute atomic E-state index is 13.0. The number of carbonyl (C=O) groups excluding carboxylic acids is 1. The molecule has 1 saturated heterocycles. The van der Waals surface area contributed by atoms with E-state index in [2.05, 4.69) is 28.0 Å². The zero-order valence-corrected chi connectivity index (χ0v) is 18.8. The van der Waals surface area contributed by atoms with Gasteiger partial charge in [-0.3, -0.25) is 19.6 Å². The topological polar surface area (TPSA) is 98.0 Å². The summed E-state index contributed by atoms with van der Waals surface area (Å²) in [7, 11) is 0. The zero-order valence-electron chi connectivity index (χ0n) is 18.8. The van der Waals surface area contributed by atoms with E-state index >= 15 is 0 Å². The number of H-pyrrole nitrogens is 1. The number of nitriles is 1. The van der Waals surface area contributed by atoms with Crippen LogP contribution < -0.4 is 5.56 Å². The van der Waals surface area contributed by atoms with E-state index < -0.39 is 0 Å². The molecule has 1 atom stereocenters. The highest BCUT2D eigenvalue weighted by molar-refractivity contribution is 5.94. The van der Waals surface area contributed by atoms with Crippen LogP contribution in [0.1, 0.15) is 41.3 Å². The fourth-order valence-electron chi connectivity index (χ4n) is 4.70. The van der Waals surface area contributed by atoms with E-state index in [4.69, 9.17) is 5.26 Å². The van der Waals surface area contributed by atoms with Gasteiger partial charge in [-0.2, -0.15) is 5.26 Å². The van der Waals surface area contributed by atoms with Crippen LogP contribution in [-0.2, 0) is 0 Å². The van der Waals surface area contributed by atoms with E-state index in [1.54, 1.807) is 36.5 Å². The molecule has 0 spiro atoms. The second kappa shape index (κ2) is 8.34. The number of rotatable bonds is 4. The summed E-state index contributed by atoms with van der Waals surface area (Å²) in [6.45, 7) is 6.42. The van der Waals surface area contributed by atoms with Gasteiger partial charge < -0.3 is 4.90 Å². The molecule has 0 radical (unpaired) electrons. The quantitative estimate of drug-likeness (QED) is 0.670. The van der Waals surface area contributed by atoms with Gasteiger partial charge in [0.1, 0.15) is 0 Å². The Kier molecular flexibility index (Phi) is 5.35. The van der Waals surface area contributed by atoms with Gasteiger partial charge in [-0.05, 0) is 62.1 Å². The molecule has 0 bridgehead atoms. The average Bonchev–Trinajstić information content (AvgIpc) is 3.60. The molecule has 5 rings (SSSR count). The van der Waals surface area contributed by atoms with Gasteiger partial charge in [0.05, 0.1) is 22.8 Å². The summed E-state index contributed by atoms with van der Waals surface area (Å²) in [6, 6.07) is 11.8. The highest BCUT2D eigenvalue weighted by Crippen LogP contribution is 2.30. The molecule has 1 aliphatic carbocycles. The lowest BCUT2D eigenvalue weighted by Gasteiger charge is -2.40. The Bertz CT molecular complexity index is 1300. The number of aromatic nitrogens is 3. The molecule has 168 valence electrons. The van der Waals surface area contributed by atoms with Crippen LogP contribution in [0.15, 0.2) is 47.5 Å². The van der Waals surface area contributed by atoms with Crippen molar-refractivity contribution in [2.75, 3.05) is 19.6 Å². The predicted molar refractivity (Wildman–Crippen MR) is 124 cm³/mol. The number of nitrogens with one attached hydrogen (secondary N) is 1. The van der Waals surface area contributed by atoms with Gasteiger partial charge in [0.15, 0.2) is 5.82 Å². The Labute approximate surface area is 192 Å². The largest absolute Gasteiger partial charge is 0.336 e. The van der Waals surface area contributed by atoms with Crippen molar-refractivity contribution in [1.29, 1.82) is 5.26 Å². The number of nitrogens with zero attached hydrogens (tertiary/aromatic N) is 5. The van der Waals surface area contributed by atoms with E-state index in [9.17, 15) is 9.59 Å². The Morgan fingerprint density at radius 1 is 1.18 bits per heavy atom. The third-order valence-electron chi connectivity index (χ3n) is 6.62. The van der Waals surface area contributed by atoms with Crippen LogP contribution in [-0.4, -0.2) is 62.2 Å². The minimum Gasteiger partial charge on any atom is -0.336 e. The molecule has 33 heavy (non-hydrogen) atoms. The van der Waals surface area contributed by atoms with Gasteiger partial charge in [-0.1, -0.05) is 6.07 Å². The minimum absolute atomic E-state index is 0.0240. The highest BCUT2D eigenvalue weighted by atomic mass is 16.2. The smallest absolute Gasteiger partial charge is 0.280 e. The monoisotopic (exact) mass is 442 g/mol. The summed E-state index contributed by atoms with van der Waals surface area (Å²) in [5.41, 5.74) is 2.95. The lowest BCUT2D eigenvalue weighted by Crippen LogP contribution is -2.54. The van der Waals surface area contributed by atoms with Crippen molar-refractivity contribution in [3.63, 3.8) is 0 Å². The number of amides is 1. The molecule has 2 aromatic heterocycles. The minimum atomic E-state index is -0.237. The van der Waals surface area contributed by atoms with Crippen molar-refractivity contribution in [3.8, 4) is 23.0 Å². The van der Waals surface area contributed by atoms with E-state index in [0.717, 1.165) is 30.8 Å². The molecule has 2 fully saturated rings. The molecule has 2 aliphatic rings. The van der Waals surface area contributed by atoms with Gasteiger partial charge in [0.25, 0.3) is 11.5 Å². The van der Waals surface area contributed by atoms with Gasteiger partial charge in [-0.15, -0.1) is 0 Å². The summed E-state index contributed by atoms with van der Waals surface area (Å²) >= 11 is 0. The summed E-state index contributed by atoms with van der Waals surface area (Å²) in [6.07, 6.45) is 5.72. The summed E-state index contributed by atoms with van der Waals surface area (Å²) in [5.74, 6) is 0.394. The maximum Gasteiger partial charge on any atom is 0.280 e. The van der Waals surface area contributed by atoms with Gasteiger partial charge >= 0.3 is 0 Å². The zero-order chi connectivity index (χ0) is 23.1. The highest BCUT2D eigenvalue weighted by Gasteiger charge is 2.36. The van der Waals surface area contributed by atoms with Gasteiger partial charge in [0.2, 0.25) is 0 Å². The summed E-state index contributed by atoms with van der Waals surface area (Å²) < 4.78 is 1.36. The van der Waals surface area contributed by atoms with Crippen molar-refractivity contribution >= 4 is 5.91 Å². The number of piperazine rings is 1. The molecule has 8 nitrogen and oxygen atoms in total.